The second-order valence-electron chi connectivity index (χ2n) is 3.36. The number of halogens is 1. The summed E-state index contributed by atoms with van der Waals surface area (Å²) >= 11 is 3.21. The van der Waals surface area contributed by atoms with E-state index in [-0.39, 0.29) is 11.0 Å². The Morgan fingerprint density at radius 1 is 1.44 bits per heavy atom. The van der Waals surface area contributed by atoms with Gasteiger partial charge in [0, 0.05) is 11.8 Å². The van der Waals surface area contributed by atoms with Crippen molar-refractivity contribution < 1.29 is 9.15 Å². The lowest BCUT2D eigenvalue weighted by atomic mass is 10.2. The molecule has 0 aliphatic rings. The Morgan fingerprint density at radius 2 is 2.19 bits per heavy atom. The van der Waals surface area contributed by atoms with E-state index >= 15 is 0 Å². The second-order valence-corrected chi connectivity index (χ2v) is 4.65. The van der Waals surface area contributed by atoms with Crippen LogP contribution in [0.2, 0.25) is 0 Å². The van der Waals surface area contributed by atoms with E-state index in [9.17, 15) is 4.79 Å². The summed E-state index contributed by atoms with van der Waals surface area (Å²) < 4.78 is 10.2. The summed E-state index contributed by atoms with van der Waals surface area (Å²) in [6.45, 7) is 1.78. The van der Waals surface area contributed by atoms with Crippen LogP contribution in [-0.2, 0) is 0 Å². The lowest BCUT2D eigenvalue weighted by Gasteiger charge is -2.06. The predicted octanol–water partition coefficient (Wildman–Crippen LogP) is 2.49. The lowest BCUT2D eigenvalue weighted by molar-refractivity contribution is 0.228. The maximum atomic E-state index is 11.6. The summed E-state index contributed by atoms with van der Waals surface area (Å²) in [5.74, 6) is 0.187. The highest BCUT2D eigenvalue weighted by atomic mass is 79.9. The highest BCUT2D eigenvalue weighted by Gasteiger charge is 2.07. The van der Waals surface area contributed by atoms with Crippen LogP contribution >= 0.6 is 15.9 Å². The van der Waals surface area contributed by atoms with E-state index in [1.54, 1.807) is 31.2 Å². The summed E-state index contributed by atoms with van der Waals surface area (Å²) in [6, 6.07) is 6.73. The van der Waals surface area contributed by atoms with E-state index in [1.807, 2.05) is 0 Å². The Labute approximate surface area is 100 Å². The fourth-order valence-electron chi connectivity index (χ4n) is 1.40. The molecule has 16 heavy (non-hydrogen) atoms. The number of fused-ring (bicyclic) bond motifs is 1. The van der Waals surface area contributed by atoms with E-state index in [2.05, 4.69) is 15.9 Å². The van der Waals surface area contributed by atoms with Crippen LogP contribution in [0.15, 0.2) is 33.5 Å². The Bertz CT molecular complexity index is 577. The molecule has 1 atom stereocenters. The van der Waals surface area contributed by atoms with E-state index in [1.165, 1.54) is 0 Å². The Balaban J connectivity index is 2.59. The largest absolute Gasteiger partial charge is 0.450 e. The highest BCUT2D eigenvalue weighted by Crippen LogP contribution is 2.20. The molecular formula is C11H10BrNO3. The van der Waals surface area contributed by atoms with Gasteiger partial charge in [0.15, 0.2) is 5.01 Å². The van der Waals surface area contributed by atoms with Crippen molar-refractivity contribution in [3.63, 3.8) is 0 Å². The van der Waals surface area contributed by atoms with Gasteiger partial charge in [-0.05, 0) is 40.4 Å². The number of hydrogen-bond donors (Lipinski definition) is 1. The zero-order valence-corrected chi connectivity index (χ0v) is 10.2. The summed E-state index contributed by atoms with van der Waals surface area (Å²) in [5, 5.41) is 0.977. The molecule has 1 aromatic heterocycles. The first-order valence-electron chi connectivity index (χ1n) is 4.70. The minimum atomic E-state index is -0.451. The molecule has 1 aromatic carbocycles. The van der Waals surface area contributed by atoms with Crippen LogP contribution < -0.4 is 16.1 Å². The molecule has 2 N–H and O–H groups in total. The normalized spacial score (nSPS) is 12.6. The molecular weight excluding hydrogens is 274 g/mol. The quantitative estimate of drug-likeness (QED) is 0.679. The molecule has 1 heterocycles. The molecule has 84 valence electrons. The van der Waals surface area contributed by atoms with Crippen molar-refractivity contribution in [2.75, 3.05) is 5.73 Å². The van der Waals surface area contributed by atoms with E-state index < -0.39 is 5.63 Å². The molecule has 0 aliphatic heterocycles. The maximum absolute atomic E-state index is 11.6. The van der Waals surface area contributed by atoms with Crippen LogP contribution in [0, 0.1) is 0 Å². The second kappa shape index (κ2) is 4.17. The topological polar surface area (TPSA) is 65.5 Å². The zero-order valence-electron chi connectivity index (χ0n) is 8.57. The number of alkyl halides is 1. The molecule has 0 saturated carbocycles. The minimum absolute atomic E-state index is 0.187. The van der Waals surface area contributed by atoms with E-state index in [0.29, 0.717) is 11.1 Å². The van der Waals surface area contributed by atoms with Crippen molar-refractivity contribution >= 4 is 32.4 Å². The maximum Gasteiger partial charge on any atom is 0.346 e. The van der Waals surface area contributed by atoms with Crippen molar-refractivity contribution in [3.05, 3.63) is 34.7 Å². The van der Waals surface area contributed by atoms with Gasteiger partial charge >= 0.3 is 5.63 Å². The fourth-order valence-corrected chi connectivity index (χ4v) is 1.58. The van der Waals surface area contributed by atoms with Crippen molar-refractivity contribution in [2.45, 2.75) is 11.9 Å². The highest BCUT2D eigenvalue weighted by molar-refractivity contribution is 9.09. The van der Waals surface area contributed by atoms with Crippen LogP contribution in [0.4, 0.5) is 5.69 Å². The molecule has 0 bridgehead atoms. The van der Waals surface area contributed by atoms with Gasteiger partial charge in [-0.1, -0.05) is 6.07 Å². The zero-order chi connectivity index (χ0) is 11.7. The third-order valence-electron chi connectivity index (χ3n) is 2.04. The number of ether oxygens (including phenoxy) is 1. The van der Waals surface area contributed by atoms with E-state index in [0.717, 1.165) is 5.39 Å². The van der Waals surface area contributed by atoms with Crippen molar-refractivity contribution in [3.8, 4) is 5.95 Å². The number of benzene rings is 1. The molecule has 0 saturated heterocycles. The van der Waals surface area contributed by atoms with Crippen LogP contribution in [-0.4, -0.2) is 5.01 Å². The third kappa shape index (κ3) is 2.19. The molecule has 0 amide bonds. The molecule has 2 aromatic rings. The van der Waals surface area contributed by atoms with Gasteiger partial charge in [0.25, 0.3) is 5.95 Å². The summed E-state index contributed by atoms with van der Waals surface area (Å²) in [4.78, 5) is 11.6. The van der Waals surface area contributed by atoms with Crippen LogP contribution in [0.3, 0.4) is 0 Å². The number of nitrogens with two attached hydrogens (primary N) is 1. The Hall–Kier alpha value is -1.49. The van der Waals surface area contributed by atoms with Crippen LogP contribution in [0.5, 0.6) is 5.95 Å². The van der Waals surface area contributed by atoms with Gasteiger partial charge in [-0.25, -0.2) is 4.79 Å². The molecule has 0 spiro atoms. The first kappa shape index (κ1) is 11.0. The summed E-state index contributed by atoms with van der Waals surface area (Å²) in [6.07, 6.45) is 0. The molecule has 4 nitrogen and oxygen atoms in total. The summed E-state index contributed by atoms with van der Waals surface area (Å²) in [5.41, 5.74) is 5.67. The third-order valence-corrected chi connectivity index (χ3v) is 2.23. The van der Waals surface area contributed by atoms with Crippen molar-refractivity contribution in [1.82, 2.24) is 0 Å². The molecule has 0 fully saturated rings. The lowest BCUT2D eigenvalue weighted by Crippen LogP contribution is -2.06. The first-order chi connectivity index (χ1) is 7.56. The van der Waals surface area contributed by atoms with E-state index in [4.69, 9.17) is 14.9 Å². The van der Waals surface area contributed by atoms with Gasteiger partial charge < -0.3 is 14.9 Å². The number of rotatable bonds is 2. The average Bonchev–Trinajstić information content (AvgIpc) is 2.18. The molecule has 1 unspecified atom stereocenters. The molecule has 2 rings (SSSR count). The monoisotopic (exact) mass is 283 g/mol. The van der Waals surface area contributed by atoms with Crippen molar-refractivity contribution in [2.24, 2.45) is 0 Å². The van der Waals surface area contributed by atoms with Gasteiger partial charge in [-0.3, -0.25) is 0 Å². The fraction of sp³-hybridized carbons (Fsp3) is 0.182. The van der Waals surface area contributed by atoms with Gasteiger partial charge in [-0.15, -0.1) is 0 Å². The molecule has 0 radical (unpaired) electrons. The van der Waals surface area contributed by atoms with Crippen molar-refractivity contribution in [1.29, 1.82) is 0 Å². The molecule has 5 heteroatoms. The Morgan fingerprint density at radius 3 is 2.88 bits per heavy atom. The predicted molar refractivity (Wildman–Crippen MR) is 65.9 cm³/mol. The number of anilines is 1. The average molecular weight is 284 g/mol. The van der Waals surface area contributed by atoms with Gasteiger partial charge in [-0.2, -0.15) is 0 Å². The van der Waals surface area contributed by atoms with Crippen LogP contribution in [0.1, 0.15) is 6.92 Å². The molecule has 0 aliphatic carbocycles. The van der Waals surface area contributed by atoms with Gasteiger partial charge in [0.05, 0.1) is 5.39 Å². The number of nitrogen functional groups attached to an aromatic ring is 1. The summed E-state index contributed by atoms with van der Waals surface area (Å²) in [7, 11) is 0. The van der Waals surface area contributed by atoms with Gasteiger partial charge in [0.1, 0.15) is 0 Å². The minimum Gasteiger partial charge on any atom is -0.450 e. The van der Waals surface area contributed by atoms with Gasteiger partial charge in [0.2, 0.25) is 0 Å². The standard InChI is InChI=1S/C11H10BrNO3/c1-6(12)15-10-4-7-2-3-8(13)5-9(7)11(14)16-10/h2-6H,13H2,1H3. The van der Waals surface area contributed by atoms with Crippen LogP contribution in [0.25, 0.3) is 10.8 Å². The number of hydrogen-bond acceptors (Lipinski definition) is 4. The smallest absolute Gasteiger partial charge is 0.346 e. The Kier molecular flexibility index (Phi) is 2.87. The first-order valence-corrected chi connectivity index (χ1v) is 5.62. The SMILES string of the molecule is CC(Br)Oc1cc2ccc(N)cc2c(=O)o1.